The average Bonchev–Trinajstić information content (AvgIpc) is 2.35. The molecule has 1 N–H and O–H groups in total. The van der Waals surface area contributed by atoms with Gasteiger partial charge >= 0.3 is 0 Å². The Morgan fingerprint density at radius 2 is 1.89 bits per heavy atom. The van der Waals surface area contributed by atoms with Crippen LogP contribution in [0.5, 0.6) is 0 Å². The smallest absolute Gasteiger partial charge is 0.128 e. The van der Waals surface area contributed by atoms with Crippen LogP contribution >= 0.6 is 11.8 Å². The number of rotatable bonds is 3. The van der Waals surface area contributed by atoms with Crippen LogP contribution in [0.2, 0.25) is 0 Å². The van der Waals surface area contributed by atoms with Crippen LogP contribution in [0, 0.1) is 18.6 Å². The average molecular weight is 271 g/mol. The fourth-order valence-electron chi connectivity index (χ4n) is 2.30. The third kappa shape index (κ3) is 3.23. The molecule has 100 valence electrons. The fraction of sp³-hybridized carbons (Fsp3) is 0.571. The molecular weight excluding hydrogens is 252 g/mol. The molecular formula is C14H19F2NS. The third-order valence-electron chi connectivity index (χ3n) is 3.45. The lowest BCUT2D eigenvalue weighted by atomic mass is 10.0. The van der Waals surface area contributed by atoms with Crippen LogP contribution in [0.1, 0.15) is 36.9 Å². The molecule has 18 heavy (non-hydrogen) atoms. The van der Waals surface area contributed by atoms with Crippen molar-refractivity contribution < 1.29 is 8.78 Å². The molecule has 0 amide bonds. The molecule has 4 heteroatoms. The minimum atomic E-state index is -0.334. The van der Waals surface area contributed by atoms with Gasteiger partial charge in [-0.1, -0.05) is 0 Å². The monoisotopic (exact) mass is 271 g/mol. The van der Waals surface area contributed by atoms with Crippen LogP contribution in [0.25, 0.3) is 0 Å². The molecule has 1 nitrogen and oxygen atoms in total. The van der Waals surface area contributed by atoms with E-state index in [4.69, 9.17) is 0 Å². The van der Waals surface area contributed by atoms with Crippen molar-refractivity contribution in [3.8, 4) is 0 Å². The number of halogens is 2. The van der Waals surface area contributed by atoms with Crippen molar-refractivity contribution in [1.29, 1.82) is 0 Å². The van der Waals surface area contributed by atoms with E-state index in [2.05, 4.69) is 5.32 Å². The SMILES string of the molecule is Cc1cc(F)c(C(C)NC2CCSCC2)cc1F. The summed E-state index contributed by atoms with van der Waals surface area (Å²) >= 11 is 1.96. The molecule has 0 aromatic heterocycles. The van der Waals surface area contributed by atoms with Gasteiger partial charge in [0.15, 0.2) is 0 Å². The Kier molecular flexibility index (Phi) is 4.62. The highest BCUT2D eigenvalue weighted by molar-refractivity contribution is 7.99. The molecule has 0 aliphatic carbocycles. The van der Waals surface area contributed by atoms with E-state index in [0.29, 0.717) is 17.2 Å². The molecule has 1 fully saturated rings. The van der Waals surface area contributed by atoms with Crippen LogP contribution in [-0.4, -0.2) is 17.5 Å². The lowest BCUT2D eigenvalue weighted by Gasteiger charge is -2.27. The molecule has 1 atom stereocenters. The van der Waals surface area contributed by atoms with E-state index < -0.39 is 0 Å². The Morgan fingerprint density at radius 1 is 1.22 bits per heavy atom. The molecule has 0 radical (unpaired) electrons. The first-order chi connectivity index (χ1) is 8.58. The Bertz CT molecular complexity index is 417. The van der Waals surface area contributed by atoms with Gasteiger partial charge in [0.25, 0.3) is 0 Å². The first-order valence-electron chi connectivity index (χ1n) is 6.37. The van der Waals surface area contributed by atoms with Crippen LogP contribution in [0.15, 0.2) is 12.1 Å². The zero-order chi connectivity index (χ0) is 13.1. The van der Waals surface area contributed by atoms with Crippen molar-refractivity contribution >= 4 is 11.8 Å². The molecule has 0 saturated carbocycles. The molecule has 1 aliphatic rings. The molecule has 0 bridgehead atoms. The first kappa shape index (κ1) is 13.8. The number of thioether (sulfide) groups is 1. The summed E-state index contributed by atoms with van der Waals surface area (Å²) in [7, 11) is 0. The topological polar surface area (TPSA) is 12.0 Å². The number of nitrogens with one attached hydrogen (secondary N) is 1. The first-order valence-corrected chi connectivity index (χ1v) is 7.52. The van der Waals surface area contributed by atoms with Gasteiger partial charge in [-0.3, -0.25) is 0 Å². The maximum Gasteiger partial charge on any atom is 0.128 e. The van der Waals surface area contributed by atoms with Crippen molar-refractivity contribution in [3.05, 3.63) is 34.9 Å². The molecule has 2 rings (SSSR count). The molecule has 1 heterocycles. The van der Waals surface area contributed by atoms with Crippen molar-refractivity contribution in [3.63, 3.8) is 0 Å². The van der Waals surface area contributed by atoms with Gasteiger partial charge in [-0.05, 0) is 55.9 Å². The third-order valence-corrected chi connectivity index (χ3v) is 4.50. The van der Waals surface area contributed by atoms with E-state index in [1.165, 1.54) is 12.1 Å². The maximum absolute atomic E-state index is 13.8. The fourth-order valence-corrected chi connectivity index (χ4v) is 3.41. The quantitative estimate of drug-likeness (QED) is 0.897. The van der Waals surface area contributed by atoms with Gasteiger partial charge in [0.2, 0.25) is 0 Å². The normalized spacial score (nSPS) is 18.9. The van der Waals surface area contributed by atoms with E-state index in [-0.39, 0.29) is 17.7 Å². The van der Waals surface area contributed by atoms with Crippen molar-refractivity contribution in [2.75, 3.05) is 11.5 Å². The minimum Gasteiger partial charge on any atom is -0.307 e. The van der Waals surface area contributed by atoms with Gasteiger partial charge in [0.1, 0.15) is 11.6 Å². The number of hydrogen-bond donors (Lipinski definition) is 1. The predicted molar refractivity (Wildman–Crippen MR) is 73.0 cm³/mol. The van der Waals surface area contributed by atoms with Gasteiger partial charge in [-0.25, -0.2) is 8.78 Å². The van der Waals surface area contributed by atoms with Crippen LogP contribution in [0.4, 0.5) is 8.78 Å². The lowest BCUT2D eigenvalue weighted by molar-refractivity contribution is 0.419. The summed E-state index contributed by atoms with van der Waals surface area (Å²) in [6.07, 6.45) is 2.20. The van der Waals surface area contributed by atoms with Gasteiger partial charge < -0.3 is 5.32 Å². The molecule has 1 aliphatic heterocycles. The van der Waals surface area contributed by atoms with E-state index in [1.807, 2.05) is 18.7 Å². The standard InChI is InChI=1S/C14H19F2NS/c1-9-7-14(16)12(8-13(9)15)10(2)17-11-3-5-18-6-4-11/h7-8,10-11,17H,3-6H2,1-2H3. The lowest BCUT2D eigenvalue weighted by Crippen LogP contribution is -2.34. The molecule has 1 aromatic rings. The van der Waals surface area contributed by atoms with Crippen molar-refractivity contribution in [2.24, 2.45) is 0 Å². The second-order valence-electron chi connectivity index (χ2n) is 4.90. The van der Waals surface area contributed by atoms with Crippen molar-refractivity contribution in [1.82, 2.24) is 5.32 Å². The molecule has 0 spiro atoms. The van der Waals surface area contributed by atoms with Crippen LogP contribution < -0.4 is 5.32 Å². The number of benzene rings is 1. The van der Waals surface area contributed by atoms with Gasteiger partial charge in [-0.2, -0.15) is 11.8 Å². The summed E-state index contributed by atoms with van der Waals surface area (Å²) in [5, 5.41) is 3.40. The summed E-state index contributed by atoms with van der Waals surface area (Å²) < 4.78 is 27.3. The van der Waals surface area contributed by atoms with Crippen LogP contribution in [0.3, 0.4) is 0 Å². The Balaban J connectivity index is 2.08. The van der Waals surface area contributed by atoms with Gasteiger partial charge in [0, 0.05) is 17.6 Å². The zero-order valence-corrected chi connectivity index (χ0v) is 11.6. The number of aryl methyl sites for hydroxylation is 1. The predicted octanol–water partition coefficient (Wildman–Crippen LogP) is 3.82. The molecule has 1 saturated heterocycles. The summed E-state index contributed by atoms with van der Waals surface area (Å²) in [6.45, 7) is 3.48. The second kappa shape index (κ2) is 6.02. The van der Waals surface area contributed by atoms with E-state index >= 15 is 0 Å². The summed E-state index contributed by atoms with van der Waals surface area (Å²) in [4.78, 5) is 0. The van der Waals surface area contributed by atoms with Gasteiger partial charge in [-0.15, -0.1) is 0 Å². The summed E-state index contributed by atoms with van der Waals surface area (Å²) in [5.41, 5.74) is 0.786. The van der Waals surface area contributed by atoms with Crippen molar-refractivity contribution in [2.45, 2.75) is 38.8 Å². The van der Waals surface area contributed by atoms with E-state index in [9.17, 15) is 8.78 Å². The summed E-state index contributed by atoms with van der Waals surface area (Å²) in [6, 6.07) is 2.87. The Hall–Kier alpha value is -0.610. The zero-order valence-electron chi connectivity index (χ0n) is 10.8. The highest BCUT2D eigenvalue weighted by atomic mass is 32.2. The Morgan fingerprint density at radius 3 is 2.56 bits per heavy atom. The highest BCUT2D eigenvalue weighted by Gasteiger charge is 2.19. The second-order valence-corrected chi connectivity index (χ2v) is 6.12. The number of hydrogen-bond acceptors (Lipinski definition) is 2. The largest absolute Gasteiger partial charge is 0.307 e. The van der Waals surface area contributed by atoms with Crippen LogP contribution in [-0.2, 0) is 0 Å². The Labute approximate surface area is 111 Å². The van der Waals surface area contributed by atoms with E-state index in [1.54, 1.807) is 6.92 Å². The minimum absolute atomic E-state index is 0.145. The summed E-state index contributed by atoms with van der Waals surface area (Å²) in [5.74, 6) is 1.64. The molecule has 1 unspecified atom stereocenters. The maximum atomic E-state index is 13.8. The highest BCUT2D eigenvalue weighted by Crippen LogP contribution is 2.24. The van der Waals surface area contributed by atoms with Gasteiger partial charge in [0.05, 0.1) is 0 Å². The van der Waals surface area contributed by atoms with E-state index in [0.717, 1.165) is 24.3 Å². The molecule has 1 aromatic carbocycles.